The molecule has 0 radical (unpaired) electrons. The third-order valence-corrected chi connectivity index (χ3v) is 12.7. The van der Waals surface area contributed by atoms with Gasteiger partial charge in [-0.3, -0.25) is 34.2 Å². The molecular weight excluding hydrogens is 683 g/mol. The molecule has 4 aromatic rings. The highest BCUT2D eigenvalue weighted by Gasteiger charge is 2.70. The molecule has 3 amide bonds. The van der Waals surface area contributed by atoms with Gasteiger partial charge < -0.3 is 15.0 Å². The second-order valence-corrected chi connectivity index (χ2v) is 14.9. The van der Waals surface area contributed by atoms with Gasteiger partial charge in [0.1, 0.15) is 11.6 Å². The highest BCUT2D eigenvalue weighted by Crippen LogP contribution is 2.69. The number of hydrogen-bond donors (Lipinski definition) is 2. The molecule has 8 rings (SSSR count). The lowest BCUT2D eigenvalue weighted by molar-refractivity contribution is -0.384. The number of nitrogens with one attached hydrogen (secondary N) is 2. The van der Waals surface area contributed by atoms with E-state index >= 15 is 0 Å². The molecule has 2 bridgehead atoms. The lowest BCUT2D eigenvalue weighted by Crippen LogP contribution is -2.42. The summed E-state index contributed by atoms with van der Waals surface area (Å²) in [6.45, 7) is -0.355. The van der Waals surface area contributed by atoms with E-state index in [0.29, 0.717) is 39.2 Å². The maximum absolute atomic E-state index is 14.0. The van der Waals surface area contributed by atoms with Crippen LogP contribution >= 0.6 is 34.7 Å². The minimum atomic E-state index is -0.593. The van der Waals surface area contributed by atoms with E-state index in [1.54, 1.807) is 18.2 Å². The number of rotatable bonds is 7. The second kappa shape index (κ2) is 11.6. The van der Waals surface area contributed by atoms with Gasteiger partial charge in [-0.2, -0.15) is 0 Å². The number of nitrogens with zero attached hydrogens (tertiary/aromatic N) is 2. The number of fused-ring (bicyclic) bond motifs is 9. The second-order valence-electron chi connectivity index (χ2n) is 12.3. The number of hydrogen-bond acceptors (Lipinski definition) is 9. The SMILES string of the molecule is O=C(COc1ccc(Cl)cc1[C@H]1c2sc(=O)[nH]c2SC2C1[C@H]1C[C@@H]2C2C(=O)N(c3ccc([N+](=O)[O-])cc3)C(=O)C21)Nc1ccc(F)cc1. The van der Waals surface area contributed by atoms with E-state index in [1.165, 1.54) is 65.2 Å². The third-order valence-electron chi connectivity index (χ3n) is 9.84. The van der Waals surface area contributed by atoms with Gasteiger partial charge in [-0.15, -0.1) is 11.8 Å². The summed E-state index contributed by atoms with van der Waals surface area (Å²) < 4.78 is 19.4. The first-order valence-corrected chi connectivity index (χ1v) is 17.2. The van der Waals surface area contributed by atoms with Crippen molar-refractivity contribution in [3.8, 4) is 5.75 Å². The summed E-state index contributed by atoms with van der Waals surface area (Å²) in [5, 5.41) is 14.9. The van der Waals surface area contributed by atoms with Crippen molar-refractivity contribution >= 4 is 69.5 Å². The fraction of sp³-hybridized carbons (Fsp3) is 0.273. The Labute approximate surface area is 284 Å². The van der Waals surface area contributed by atoms with E-state index in [9.17, 15) is 33.7 Å². The van der Waals surface area contributed by atoms with Gasteiger partial charge >= 0.3 is 4.87 Å². The van der Waals surface area contributed by atoms with Crippen molar-refractivity contribution in [1.82, 2.24) is 4.98 Å². The van der Waals surface area contributed by atoms with Crippen molar-refractivity contribution in [2.24, 2.45) is 29.6 Å². The van der Waals surface area contributed by atoms with Gasteiger partial charge in [0, 0.05) is 44.5 Å². The van der Waals surface area contributed by atoms with Crippen LogP contribution in [0.15, 0.2) is 76.6 Å². The molecule has 4 unspecified atom stereocenters. The van der Waals surface area contributed by atoms with Gasteiger partial charge in [0.15, 0.2) is 6.61 Å². The number of thioether (sulfide) groups is 1. The molecule has 3 fully saturated rings. The fourth-order valence-electron chi connectivity index (χ4n) is 8.11. The Morgan fingerprint density at radius 2 is 1.75 bits per heavy atom. The maximum Gasteiger partial charge on any atom is 0.305 e. The van der Waals surface area contributed by atoms with Crippen LogP contribution in [0.5, 0.6) is 5.75 Å². The van der Waals surface area contributed by atoms with Gasteiger partial charge in [0.25, 0.3) is 11.6 Å². The number of aromatic nitrogens is 1. The lowest BCUT2D eigenvalue weighted by atomic mass is 9.68. The molecule has 2 saturated carbocycles. The smallest absolute Gasteiger partial charge is 0.305 e. The Morgan fingerprint density at radius 1 is 1.04 bits per heavy atom. The quantitative estimate of drug-likeness (QED) is 0.138. The van der Waals surface area contributed by atoms with Crippen LogP contribution in [0, 0.1) is 45.5 Å². The molecule has 0 spiro atoms. The van der Waals surface area contributed by atoms with Crippen LogP contribution in [0.2, 0.25) is 5.02 Å². The standard InChI is InChI=1S/C33H24ClFN4O7S2/c34-14-1-10-22(46-13-23(40)36-16-4-2-15(35)3-5-16)19(11-14)24-25-20-12-21(28(25)47-30-29(24)48-33(43)37-30)27-26(20)31(41)38(32(27)42)17-6-8-18(9-7-17)39(44)45/h1-11,20-21,24-28H,12-13H2,(H,36,40)(H,37,43)/t20-,21-,24-,25?,26?,27?,28?/m1/s1. The predicted octanol–water partition coefficient (Wildman–Crippen LogP) is 5.83. The van der Waals surface area contributed by atoms with Gasteiger partial charge in [-0.1, -0.05) is 22.9 Å². The van der Waals surface area contributed by atoms with Crippen molar-refractivity contribution in [3.05, 3.63) is 108 Å². The number of nitro benzene ring substituents is 1. The first-order chi connectivity index (χ1) is 23.1. The van der Waals surface area contributed by atoms with Crippen LogP contribution in [0.1, 0.15) is 22.8 Å². The molecular formula is C33H24ClFN4O7S2. The van der Waals surface area contributed by atoms with E-state index in [1.807, 2.05) is 0 Å². The summed E-state index contributed by atoms with van der Waals surface area (Å²) in [5.41, 5.74) is 1.22. The van der Waals surface area contributed by atoms with Crippen molar-refractivity contribution in [1.29, 1.82) is 0 Å². The monoisotopic (exact) mass is 706 g/mol. The number of non-ortho nitro benzene ring substituents is 1. The Hall–Kier alpha value is -4.53. The van der Waals surface area contributed by atoms with Crippen LogP contribution in [0.4, 0.5) is 21.5 Å². The minimum Gasteiger partial charge on any atom is -0.483 e. The first kappa shape index (κ1) is 30.8. The molecule has 1 aromatic heterocycles. The molecule has 2 N–H and O–H groups in total. The van der Waals surface area contributed by atoms with Crippen LogP contribution in [-0.2, 0) is 14.4 Å². The molecule has 7 atom stereocenters. The largest absolute Gasteiger partial charge is 0.483 e. The zero-order chi connectivity index (χ0) is 33.4. The number of ether oxygens (including phenoxy) is 1. The molecule has 3 heterocycles. The number of aromatic amines is 1. The average molecular weight is 707 g/mol. The predicted molar refractivity (Wildman–Crippen MR) is 176 cm³/mol. The third kappa shape index (κ3) is 4.92. The molecule has 48 heavy (non-hydrogen) atoms. The number of carbonyl (C=O) groups excluding carboxylic acids is 3. The molecule has 2 aliphatic heterocycles. The highest BCUT2D eigenvalue weighted by molar-refractivity contribution is 8.00. The summed E-state index contributed by atoms with van der Waals surface area (Å²) in [7, 11) is 0. The molecule has 2 aliphatic carbocycles. The number of carbonyl (C=O) groups is 3. The Morgan fingerprint density at radius 3 is 2.46 bits per heavy atom. The van der Waals surface area contributed by atoms with Gasteiger partial charge in [-0.05, 0) is 78.8 Å². The lowest BCUT2D eigenvalue weighted by Gasteiger charge is -2.43. The number of nitro groups is 1. The molecule has 4 aliphatic rings. The maximum atomic E-state index is 14.0. The number of amides is 3. The summed E-state index contributed by atoms with van der Waals surface area (Å²) in [5.74, 6) is -3.24. The number of anilines is 2. The highest BCUT2D eigenvalue weighted by atomic mass is 35.5. The number of benzene rings is 3. The zero-order valence-electron chi connectivity index (χ0n) is 24.6. The van der Waals surface area contributed by atoms with Gasteiger partial charge in [-0.25, -0.2) is 4.39 Å². The normalized spacial score (nSPS) is 26.6. The van der Waals surface area contributed by atoms with Crippen LogP contribution < -0.4 is 19.8 Å². The Balaban J connectivity index is 1.13. The summed E-state index contributed by atoms with van der Waals surface area (Å²) in [4.78, 5) is 68.8. The van der Waals surface area contributed by atoms with Gasteiger partial charge in [0.05, 0.1) is 27.5 Å². The Kier molecular flexibility index (Phi) is 7.42. The number of imide groups is 1. The number of thiazole rings is 1. The van der Waals surface area contributed by atoms with E-state index in [0.717, 1.165) is 16.2 Å². The Bertz CT molecular complexity index is 2070. The van der Waals surface area contributed by atoms with Crippen molar-refractivity contribution in [3.63, 3.8) is 0 Å². The molecule has 3 aromatic carbocycles. The molecule has 11 nitrogen and oxygen atoms in total. The minimum absolute atomic E-state index is 0.110. The topological polar surface area (TPSA) is 152 Å². The van der Waals surface area contributed by atoms with Crippen molar-refractivity contribution in [2.75, 3.05) is 16.8 Å². The fourth-order valence-corrected chi connectivity index (χ4v) is 11.2. The van der Waals surface area contributed by atoms with Crippen LogP contribution in [0.25, 0.3) is 0 Å². The summed E-state index contributed by atoms with van der Waals surface area (Å²) in [6.07, 6.45) is 0.649. The van der Waals surface area contributed by atoms with Crippen LogP contribution in [0.3, 0.4) is 0 Å². The van der Waals surface area contributed by atoms with Crippen molar-refractivity contribution in [2.45, 2.75) is 22.6 Å². The van der Waals surface area contributed by atoms with Crippen LogP contribution in [-0.4, -0.2) is 39.5 Å². The number of halogens is 2. The van der Waals surface area contributed by atoms with E-state index < -0.39 is 34.4 Å². The molecule has 244 valence electrons. The summed E-state index contributed by atoms with van der Waals surface area (Å²) in [6, 6.07) is 15.8. The van der Waals surface area contributed by atoms with Gasteiger partial charge in [0.2, 0.25) is 11.8 Å². The zero-order valence-corrected chi connectivity index (χ0v) is 27.0. The van der Waals surface area contributed by atoms with Crippen molar-refractivity contribution < 1.29 is 28.4 Å². The molecule has 1 saturated heterocycles. The van der Waals surface area contributed by atoms with E-state index in [-0.39, 0.29) is 52.0 Å². The first-order valence-electron chi connectivity index (χ1n) is 15.1. The summed E-state index contributed by atoms with van der Waals surface area (Å²) >= 11 is 9.15. The van der Waals surface area contributed by atoms with E-state index in [4.69, 9.17) is 16.3 Å². The molecule has 15 heteroatoms. The average Bonchev–Trinajstić information content (AvgIpc) is 3.80. The van der Waals surface area contributed by atoms with E-state index in [2.05, 4.69) is 10.3 Å². The number of H-pyrrole nitrogens is 1.